The highest BCUT2D eigenvalue weighted by molar-refractivity contribution is 5.90. The Kier molecular flexibility index (Phi) is 7.13. The molecule has 1 amide bonds. The van der Waals surface area contributed by atoms with Crippen LogP contribution < -0.4 is 10.1 Å². The summed E-state index contributed by atoms with van der Waals surface area (Å²) in [5, 5.41) is 3.30. The van der Waals surface area contributed by atoms with E-state index in [-0.39, 0.29) is 17.8 Å². The highest BCUT2D eigenvalue weighted by Crippen LogP contribution is 2.47. The molecule has 7 nitrogen and oxygen atoms in total. The first kappa shape index (κ1) is 26.5. The van der Waals surface area contributed by atoms with E-state index in [1.54, 1.807) is 12.1 Å². The third-order valence-electron chi connectivity index (χ3n) is 7.92. The topological polar surface area (TPSA) is 77.1 Å². The fourth-order valence-electron chi connectivity index (χ4n) is 5.54. The van der Waals surface area contributed by atoms with Crippen molar-refractivity contribution in [2.45, 2.75) is 55.5 Å². The number of hydrogen-bond donors (Lipinski definition) is 1. The van der Waals surface area contributed by atoms with Crippen LogP contribution in [-0.2, 0) is 26.0 Å². The molecule has 1 atom stereocenters. The quantitative estimate of drug-likeness (QED) is 0.536. The lowest BCUT2D eigenvalue weighted by atomic mass is 9.86. The van der Waals surface area contributed by atoms with Crippen molar-refractivity contribution in [2.75, 3.05) is 33.4 Å². The Morgan fingerprint density at radius 1 is 1.05 bits per heavy atom. The molecule has 2 saturated heterocycles. The predicted octanol–water partition coefficient (Wildman–Crippen LogP) is 4.30. The van der Waals surface area contributed by atoms with Gasteiger partial charge in [-0.25, -0.2) is 4.79 Å². The molecule has 10 heteroatoms. The zero-order valence-corrected chi connectivity index (χ0v) is 21.2. The molecular weight excluding hydrogens is 501 g/mol. The average molecular weight is 533 g/mol. The summed E-state index contributed by atoms with van der Waals surface area (Å²) in [4.78, 5) is 27.8. The van der Waals surface area contributed by atoms with Gasteiger partial charge in [0.2, 0.25) is 5.91 Å². The lowest BCUT2D eigenvalue weighted by Crippen LogP contribution is -2.62. The Balaban J connectivity index is 1.29. The smallest absolute Gasteiger partial charge is 0.416 e. The highest BCUT2D eigenvalue weighted by Gasteiger charge is 2.53. The predicted molar refractivity (Wildman–Crippen MR) is 132 cm³/mol. The summed E-state index contributed by atoms with van der Waals surface area (Å²) in [6.07, 6.45) is -1.53. The maximum atomic E-state index is 13.9. The van der Waals surface area contributed by atoms with Crippen LogP contribution in [0.3, 0.4) is 0 Å². The van der Waals surface area contributed by atoms with Crippen molar-refractivity contribution in [3.05, 3.63) is 65.2 Å². The number of carbonyl (C=O) groups is 2. The number of likely N-dealkylation sites (tertiary alicyclic amines) is 1. The van der Waals surface area contributed by atoms with Crippen LogP contribution in [-0.4, -0.2) is 61.8 Å². The summed E-state index contributed by atoms with van der Waals surface area (Å²) < 4.78 is 55.7. The average Bonchev–Trinajstić information content (AvgIpc) is 3.55. The number of ether oxygens (including phenoxy) is 3. The number of carbonyl (C=O) groups excluding carboxylic acids is 2. The minimum atomic E-state index is -4.44. The first-order valence-corrected chi connectivity index (χ1v) is 12.8. The third-order valence-corrected chi connectivity index (χ3v) is 7.92. The van der Waals surface area contributed by atoms with E-state index in [1.807, 2.05) is 12.1 Å². The van der Waals surface area contributed by atoms with E-state index in [0.717, 1.165) is 30.5 Å². The Labute approximate surface area is 219 Å². The number of nitrogens with one attached hydrogen (secondary N) is 1. The molecule has 0 aromatic heterocycles. The van der Waals surface area contributed by atoms with E-state index in [1.165, 1.54) is 19.2 Å². The summed E-state index contributed by atoms with van der Waals surface area (Å²) in [6, 6.07) is 12.0. The van der Waals surface area contributed by atoms with E-state index < -0.39 is 28.8 Å². The summed E-state index contributed by atoms with van der Waals surface area (Å²) in [5.74, 6) is -0.318. The molecule has 5 rings (SSSR count). The Hall–Kier alpha value is -3.11. The fourth-order valence-corrected chi connectivity index (χ4v) is 5.54. The van der Waals surface area contributed by atoms with Gasteiger partial charge in [-0.1, -0.05) is 18.2 Å². The van der Waals surface area contributed by atoms with Crippen molar-refractivity contribution in [3.8, 4) is 5.75 Å². The van der Waals surface area contributed by atoms with Gasteiger partial charge in [-0.15, -0.1) is 0 Å². The Morgan fingerprint density at radius 2 is 1.76 bits per heavy atom. The van der Waals surface area contributed by atoms with Crippen LogP contribution in [0.15, 0.2) is 48.5 Å². The van der Waals surface area contributed by atoms with Gasteiger partial charge >= 0.3 is 12.1 Å². The maximum absolute atomic E-state index is 13.9. The van der Waals surface area contributed by atoms with Crippen LogP contribution in [0.1, 0.15) is 53.6 Å². The van der Waals surface area contributed by atoms with E-state index in [9.17, 15) is 22.8 Å². The molecule has 2 aromatic carbocycles. The molecule has 204 valence electrons. The van der Waals surface area contributed by atoms with Gasteiger partial charge < -0.3 is 19.5 Å². The molecular formula is C28H31F3N2O5. The molecule has 3 aliphatic rings. The summed E-state index contributed by atoms with van der Waals surface area (Å²) >= 11 is 0. The van der Waals surface area contributed by atoms with Gasteiger partial charge in [0.15, 0.2) is 0 Å². The lowest BCUT2D eigenvalue weighted by Gasteiger charge is -2.43. The van der Waals surface area contributed by atoms with E-state index in [0.29, 0.717) is 51.1 Å². The second-order valence-corrected chi connectivity index (χ2v) is 10.2. The second kappa shape index (κ2) is 10.2. The van der Waals surface area contributed by atoms with Crippen molar-refractivity contribution in [2.24, 2.45) is 0 Å². The van der Waals surface area contributed by atoms with Crippen molar-refractivity contribution >= 4 is 11.9 Å². The van der Waals surface area contributed by atoms with Crippen molar-refractivity contribution in [3.63, 3.8) is 0 Å². The first-order chi connectivity index (χ1) is 18.1. The van der Waals surface area contributed by atoms with Crippen LogP contribution in [0.25, 0.3) is 0 Å². The molecule has 0 unspecified atom stereocenters. The number of esters is 1. The van der Waals surface area contributed by atoms with Crippen LogP contribution in [0.2, 0.25) is 0 Å². The molecule has 0 spiro atoms. The number of benzene rings is 2. The van der Waals surface area contributed by atoms with Gasteiger partial charge in [0.1, 0.15) is 17.4 Å². The number of alkyl halides is 3. The van der Waals surface area contributed by atoms with E-state index in [2.05, 4.69) is 10.2 Å². The van der Waals surface area contributed by atoms with Gasteiger partial charge in [-0.2, -0.15) is 13.2 Å². The zero-order chi connectivity index (χ0) is 27.0. The van der Waals surface area contributed by atoms with E-state index in [4.69, 9.17) is 14.2 Å². The highest BCUT2D eigenvalue weighted by atomic mass is 19.4. The molecule has 3 fully saturated rings. The first-order valence-electron chi connectivity index (χ1n) is 12.8. The normalized spacial score (nSPS) is 22.5. The van der Waals surface area contributed by atoms with Gasteiger partial charge in [0, 0.05) is 26.3 Å². The van der Waals surface area contributed by atoms with Gasteiger partial charge in [-0.3, -0.25) is 9.69 Å². The minimum Gasteiger partial charge on any atom is -0.489 e. The SMILES string of the molecule is COC(=O)c1ccc(C2(NC(=O)C3(N4CC[C@@H](Oc5cccc(C(F)(F)F)c5)C4)CCOCC3)CC2)cc1. The minimum absolute atomic E-state index is 0.0740. The molecule has 2 heterocycles. The zero-order valence-electron chi connectivity index (χ0n) is 21.2. The standard InChI is InChI=1S/C28H31F3N2O5/c1-36-24(34)19-5-7-20(8-6-19)26(10-11-26)32-25(35)27(12-15-37-16-13-27)33-14-9-23(18-33)38-22-4-2-3-21(17-22)28(29,30)31/h2-8,17,23H,9-16,18H2,1H3,(H,32,35)/t23-/m1/s1. The number of nitrogens with zero attached hydrogens (tertiary/aromatic N) is 1. The van der Waals surface area contributed by atoms with Crippen molar-refractivity contribution in [1.29, 1.82) is 0 Å². The molecule has 1 aliphatic carbocycles. The van der Waals surface area contributed by atoms with Gasteiger partial charge in [0.05, 0.1) is 23.8 Å². The van der Waals surface area contributed by atoms with Crippen LogP contribution in [0.4, 0.5) is 13.2 Å². The lowest BCUT2D eigenvalue weighted by molar-refractivity contribution is -0.141. The van der Waals surface area contributed by atoms with Crippen molar-refractivity contribution in [1.82, 2.24) is 10.2 Å². The Morgan fingerprint density at radius 3 is 2.39 bits per heavy atom. The molecule has 1 saturated carbocycles. The molecule has 0 radical (unpaired) electrons. The van der Waals surface area contributed by atoms with Crippen LogP contribution >= 0.6 is 0 Å². The van der Waals surface area contributed by atoms with Crippen LogP contribution in [0, 0.1) is 0 Å². The molecule has 1 N–H and O–H groups in total. The summed E-state index contributed by atoms with van der Waals surface area (Å²) in [7, 11) is 1.33. The molecule has 2 aliphatic heterocycles. The summed E-state index contributed by atoms with van der Waals surface area (Å²) in [6.45, 7) is 1.93. The summed E-state index contributed by atoms with van der Waals surface area (Å²) in [5.41, 5.74) is -0.633. The van der Waals surface area contributed by atoms with Crippen LogP contribution in [0.5, 0.6) is 5.75 Å². The van der Waals surface area contributed by atoms with Gasteiger partial charge in [-0.05, 0) is 68.0 Å². The number of hydrogen-bond acceptors (Lipinski definition) is 6. The second-order valence-electron chi connectivity index (χ2n) is 10.2. The van der Waals surface area contributed by atoms with Gasteiger partial charge in [0.25, 0.3) is 0 Å². The number of amides is 1. The molecule has 38 heavy (non-hydrogen) atoms. The maximum Gasteiger partial charge on any atom is 0.416 e. The fraction of sp³-hybridized carbons (Fsp3) is 0.500. The molecule has 0 bridgehead atoms. The van der Waals surface area contributed by atoms with E-state index >= 15 is 0 Å². The number of methoxy groups -OCH3 is 1. The number of rotatable bonds is 7. The third kappa shape index (κ3) is 5.24. The monoisotopic (exact) mass is 532 g/mol. The largest absolute Gasteiger partial charge is 0.489 e. The molecule has 2 aromatic rings. The number of halogens is 3. The Bertz CT molecular complexity index is 1170. The van der Waals surface area contributed by atoms with Crippen molar-refractivity contribution < 1.29 is 37.0 Å².